The Balaban J connectivity index is 1.84. The molecule has 0 saturated carbocycles. The largest absolute Gasteiger partial charge is 0.344 e. The number of carbonyl (C=O) groups excluding carboxylic acids is 1. The molecule has 1 aliphatic heterocycles. The van der Waals surface area contributed by atoms with Gasteiger partial charge in [0.1, 0.15) is 5.54 Å². The summed E-state index contributed by atoms with van der Waals surface area (Å²) in [5, 5.41) is 7.11. The molecule has 1 amide bonds. The molecule has 1 aliphatic carbocycles. The molecule has 0 bridgehead atoms. The van der Waals surface area contributed by atoms with Gasteiger partial charge in [0, 0.05) is 9.50 Å². The Hall–Kier alpha value is -1.43. The molecule has 0 aromatic heterocycles. The van der Waals surface area contributed by atoms with Crippen LogP contribution in [-0.4, -0.2) is 11.0 Å². The van der Waals surface area contributed by atoms with Crippen molar-refractivity contribution in [3.8, 4) is 0 Å². The SMILES string of the molecule is O=C1NC(=S)NC12CC(c1ccc(Cl)cc1)Cc1ccc(Br)cc12. The van der Waals surface area contributed by atoms with Crippen LogP contribution < -0.4 is 10.6 Å². The quantitative estimate of drug-likeness (QED) is 0.683. The molecule has 6 heteroatoms. The minimum Gasteiger partial charge on any atom is -0.344 e. The highest BCUT2D eigenvalue weighted by molar-refractivity contribution is 9.10. The Bertz CT molecular complexity index is 855. The molecule has 2 aromatic carbocycles. The first-order valence-corrected chi connectivity index (χ1v) is 9.24. The third-order valence-corrected chi connectivity index (χ3v) is 5.78. The normalized spacial score (nSPS) is 25.3. The van der Waals surface area contributed by atoms with E-state index in [-0.39, 0.29) is 11.8 Å². The number of carbonyl (C=O) groups is 1. The van der Waals surface area contributed by atoms with Crippen molar-refractivity contribution in [3.63, 3.8) is 0 Å². The molecule has 0 radical (unpaired) electrons. The first kappa shape index (κ1) is 16.1. The van der Waals surface area contributed by atoms with E-state index in [0.29, 0.717) is 16.6 Å². The zero-order chi connectivity index (χ0) is 16.9. The molecule has 122 valence electrons. The highest BCUT2D eigenvalue weighted by Crippen LogP contribution is 2.45. The summed E-state index contributed by atoms with van der Waals surface area (Å²) in [5.74, 6) is 0.139. The van der Waals surface area contributed by atoms with Crippen LogP contribution in [0.2, 0.25) is 5.02 Å². The van der Waals surface area contributed by atoms with Crippen molar-refractivity contribution < 1.29 is 4.79 Å². The van der Waals surface area contributed by atoms with E-state index in [1.807, 2.05) is 36.4 Å². The van der Waals surface area contributed by atoms with Crippen molar-refractivity contribution in [1.82, 2.24) is 10.6 Å². The third-order valence-electron chi connectivity index (χ3n) is 4.83. The van der Waals surface area contributed by atoms with Gasteiger partial charge in [-0.2, -0.15) is 0 Å². The number of thiocarbonyl (C=S) groups is 1. The molecule has 24 heavy (non-hydrogen) atoms. The maximum Gasteiger partial charge on any atom is 0.256 e. The molecule has 1 heterocycles. The summed E-state index contributed by atoms with van der Waals surface area (Å²) in [4.78, 5) is 12.8. The van der Waals surface area contributed by atoms with Crippen molar-refractivity contribution in [1.29, 1.82) is 0 Å². The van der Waals surface area contributed by atoms with Crippen LogP contribution in [0.5, 0.6) is 0 Å². The summed E-state index contributed by atoms with van der Waals surface area (Å²) in [6, 6.07) is 14.0. The van der Waals surface area contributed by atoms with E-state index in [4.69, 9.17) is 23.8 Å². The van der Waals surface area contributed by atoms with E-state index in [1.165, 1.54) is 5.56 Å². The molecule has 1 fully saturated rings. The second kappa shape index (κ2) is 5.83. The van der Waals surface area contributed by atoms with Crippen LogP contribution in [-0.2, 0) is 16.8 Å². The van der Waals surface area contributed by atoms with Crippen molar-refractivity contribution in [2.24, 2.45) is 0 Å². The average Bonchev–Trinajstić information content (AvgIpc) is 2.83. The summed E-state index contributed by atoms with van der Waals surface area (Å²) < 4.78 is 0.956. The standard InChI is InChI=1S/C18H14BrClN2OS/c19-13-4-1-11-7-12(10-2-5-14(20)6-3-10)9-18(15(11)8-13)16(23)21-17(24)22-18/h1-6,8,12H,7,9H2,(H2,21,22,23,24). The van der Waals surface area contributed by atoms with Gasteiger partial charge < -0.3 is 10.6 Å². The number of nitrogens with one attached hydrogen (secondary N) is 2. The molecule has 2 N–H and O–H groups in total. The van der Waals surface area contributed by atoms with Gasteiger partial charge in [0.25, 0.3) is 5.91 Å². The summed E-state index contributed by atoms with van der Waals surface area (Å²) in [6.45, 7) is 0. The van der Waals surface area contributed by atoms with E-state index >= 15 is 0 Å². The smallest absolute Gasteiger partial charge is 0.256 e. The second-order valence-corrected chi connectivity index (χ2v) is 8.03. The zero-order valence-electron chi connectivity index (χ0n) is 12.6. The number of halogens is 2. The van der Waals surface area contributed by atoms with Crippen LogP contribution in [0.1, 0.15) is 29.0 Å². The monoisotopic (exact) mass is 420 g/mol. The van der Waals surface area contributed by atoms with Crippen LogP contribution in [0, 0.1) is 0 Å². The topological polar surface area (TPSA) is 41.1 Å². The van der Waals surface area contributed by atoms with Gasteiger partial charge in [-0.05, 0) is 71.9 Å². The molecule has 2 aliphatic rings. The van der Waals surface area contributed by atoms with E-state index in [1.54, 1.807) is 0 Å². The van der Waals surface area contributed by atoms with Crippen LogP contribution in [0.4, 0.5) is 0 Å². The van der Waals surface area contributed by atoms with Crippen LogP contribution in [0.25, 0.3) is 0 Å². The Labute approximate surface area is 158 Å². The molecular formula is C18H14BrClN2OS. The number of rotatable bonds is 1. The molecule has 1 saturated heterocycles. The number of amides is 1. The predicted molar refractivity (Wildman–Crippen MR) is 102 cm³/mol. The molecule has 2 unspecified atom stereocenters. The molecule has 2 aromatic rings. The fourth-order valence-electron chi connectivity index (χ4n) is 3.74. The molecule has 2 atom stereocenters. The van der Waals surface area contributed by atoms with E-state index in [2.05, 4.69) is 32.6 Å². The number of hydrogen-bond acceptors (Lipinski definition) is 2. The lowest BCUT2D eigenvalue weighted by Crippen LogP contribution is -2.48. The van der Waals surface area contributed by atoms with Crippen molar-refractivity contribution in [3.05, 3.63) is 68.7 Å². The predicted octanol–water partition coefficient (Wildman–Crippen LogP) is 4.03. The Morgan fingerprint density at radius 2 is 1.96 bits per heavy atom. The third kappa shape index (κ3) is 2.55. The highest BCUT2D eigenvalue weighted by Gasteiger charge is 2.51. The van der Waals surface area contributed by atoms with Gasteiger partial charge in [0.05, 0.1) is 0 Å². The summed E-state index contributed by atoms with van der Waals surface area (Å²) in [7, 11) is 0. The van der Waals surface area contributed by atoms with E-state index in [0.717, 1.165) is 22.0 Å². The van der Waals surface area contributed by atoms with Gasteiger partial charge in [0.15, 0.2) is 5.11 Å². The zero-order valence-corrected chi connectivity index (χ0v) is 15.8. The van der Waals surface area contributed by atoms with Gasteiger partial charge in [0.2, 0.25) is 0 Å². The van der Waals surface area contributed by atoms with Gasteiger partial charge >= 0.3 is 0 Å². The molecule has 1 spiro atoms. The molecule has 3 nitrogen and oxygen atoms in total. The van der Waals surface area contributed by atoms with Crippen molar-refractivity contribution in [2.75, 3.05) is 0 Å². The maximum atomic E-state index is 12.8. The number of hydrogen-bond donors (Lipinski definition) is 2. The summed E-state index contributed by atoms with van der Waals surface area (Å²) in [5.41, 5.74) is 2.54. The van der Waals surface area contributed by atoms with E-state index < -0.39 is 5.54 Å². The average molecular weight is 422 g/mol. The molecule has 4 rings (SSSR count). The van der Waals surface area contributed by atoms with Gasteiger partial charge in [-0.25, -0.2) is 0 Å². The fourth-order valence-corrected chi connectivity index (χ4v) is 4.49. The number of fused-ring (bicyclic) bond motifs is 2. The van der Waals surface area contributed by atoms with Gasteiger partial charge in [-0.15, -0.1) is 0 Å². The lowest BCUT2D eigenvalue weighted by Gasteiger charge is -2.38. The van der Waals surface area contributed by atoms with E-state index in [9.17, 15) is 4.79 Å². The highest BCUT2D eigenvalue weighted by atomic mass is 79.9. The fraction of sp³-hybridized carbons (Fsp3) is 0.222. The van der Waals surface area contributed by atoms with Gasteiger partial charge in [-0.1, -0.05) is 45.7 Å². The van der Waals surface area contributed by atoms with Crippen LogP contribution in [0.15, 0.2) is 46.9 Å². The summed E-state index contributed by atoms with van der Waals surface area (Å²) in [6.07, 6.45) is 1.54. The molecular weight excluding hydrogens is 408 g/mol. The van der Waals surface area contributed by atoms with Gasteiger partial charge in [-0.3, -0.25) is 4.79 Å². The number of benzene rings is 2. The lowest BCUT2D eigenvalue weighted by atomic mass is 9.69. The maximum absolute atomic E-state index is 12.8. The summed E-state index contributed by atoms with van der Waals surface area (Å²) >= 11 is 14.7. The van der Waals surface area contributed by atoms with Crippen molar-refractivity contribution >= 4 is 50.8 Å². The Morgan fingerprint density at radius 3 is 2.62 bits per heavy atom. The lowest BCUT2D eigenvalue weighted by molar-refractivity contribution is -0.125. The first-order chi connectivity index (χ1) is 11.5. The van der Waals surface area contributed by atoms with Crippen molar-refractivity contribution in [2.45, 2.75) is 24.3 Å². The second-order valence-electron chi connectivity index (χ2n) is 6.27. The Kier molecular flexibility index (Phi) is 3.90. The Morgan fingerprint density at radius 1 is 1.21 bits per heavy atom. The first-order valence-electron chi connectivity index (χ1n) is 7.66. The minimum absolute atomic E-state index is 0.0782. The van der Waals surface area contributed by atoms with Crippen LogP contribution in [0.3, 0.4) is 0 Å². The van der Waals surface area contributed by atoms with Crippen LogP contribution >= 0.6 is 39.7 Å². The minimum atomic E-state index is -0.807.